The molecule has 5 nitrogen and oxygen atoms in total. The van der Waals surface area contributed by atoms with Gasteiger partial charge in [0.1, 0.15) is 29.7 Å². The molecule has 6 heteroatoms. The van der Waals surface area contributed by atoms with Gasteiger partial charge >= 0.3 is 0 Å². The van der Waals surface area contributed by atoms with Gasteiger partial charge in [0.2, 0.25) is 0 Å². The molecule has 0 fully saturated rings. The number of benzene rings is 4. The van der Waals surface area contributed by atoms with Crippen LogP contribution in [-0.4, -0.2) is 13.0 Å². The van der Waals surface area contributed by atoms with Crippen LogP contribution in [0.5, 0.6) is 11.5 Å². The van der Waals surface area contributed by atoms with E-state index in [9.17, 15) is 10.1 Å². The van der Waals surface area contributed by atoms with Gasteiger partial charge in [-0.1, -0.05) is 70.5 Å². The van der Waals surface area contributed by atoms with E-state index in [1.807, 2.05) is 78.9 Å². The smallest absolute Gasteiger partial charge is 0.266 e. The van der Waals surface area contributed by atoms with Crippen LogP contribution in [-0.2, 0) is 17.8 Å². The predicted octanol–water partition coefficient (Wildman–Crippen LogP) is 7.17. The van der Waals surface area contributed by atoms with Crippen LogP contribution >= 0.6 is 15.9 Å². The van der Waals surface area contributed by atoms with Crippen LogP contribution in [0.1, 0.15) is 22.3 Å². The zero-order chi connectivity index (χ0) is 26.0. The molecule has 0 atom stereocenters. The third kappa shape index (κ3) is 7.09. The molecule has 0 heterocycles. The van der Waals surface area contributed by atoms with E-state index in [1.54, 1.807) is 37.5 Å². The van der Waals surface area contributed by atoms with E-state index in [-0.39, 0.29) is 5.57 Å². The van der Waals surface area contributed by atoms with Crippen LogP contribution in [0.25, 0.3) is 6.08 Å². The van der Waals surface area contributed by atoms with Crippen molar-refractivity contribution in [1.82, 2.24) is 0 Å². The van der Waals surface area contributed by atoms with Crippen molar-refractivity contribution in [1.29, 1.82) is 5.26 Å². The molecule has 0 aliphatic rings. The van der Waals surface area contributed by atoms with Crippen LogP contribution < -0.4 is 14.8 Å². The maximum atomic E-state index is 12.9. The van der Waals surface area contributed by atoms with Crippen LogP contribution in [0.3, 0.4) is 0 Å². The molecule has 4 aromatic carbocycles. The fourth-order valence-electron chi connectivity index (χ4n) is 3.73. The maximum Gasteiger partial charge on any atom is 0.266 e. The first kappa shape index (κ1) is 25.7. The van der Waals surface area contributed by atoms with Gasteiger partial charge in [0.15, 0.2) is 0 Å². The maximum absolute atomic E-state index is 12.9. The Hall–Kier alpha value is -4.34. The lowest BCUT2D eigenvalue weighted by Crippen LogP contribution is -2.13. The number of nitriles is 1. The molecule has 0 saturated heterocycles. The topological polar surface area (TPSA) is 71.3 Å². The lowest BCUT2D eigenvalue weighted by molar-refractivity contribution is -0.112. The highest BCUT2D eigenvalue weighted by Gasteiger charge is 2.13. The van der Waals surface area contributed by atoms with E-state index in [0.29, 0.717) is 30.2 Å². The average molecular weight is 553 g/mol. The Bertz CT molecular complexity index is 1440. The highest BCUT2D eigenvalue weighted by molar-refractivity contribution is 9.10. The molecule has 0 aromatic heterocycles. The normalized spacial score (nSPS) is 10.9. The van der Waals surface area contributed by atoms with Crippen molar-refractivity contribution in [2.45, 2.75) is 13.0 Å². The number of amides is 1. The molecule has 0 aliphatic heterocycles. The molecule has 0 bridgehead atoms. The molecule has 4 rings (SSSR count). The van der Waals surface area contributed by atoms with Gasteiger partial charge in [-0.2, -0.15) is 5.26 Å². The zero-order valence-electron chi connectivity index (χ0n) is 20.3. The van der Waals surface area contributed by atoms with Crippen molar-refractivity contribution in [3.05, 3.63) is 129 Å². The second kappa shape index (κ2) is 12.6. The van der Waals surface area contributed by atoms with E-state index in [0.717, 1.165) is 26.7 Å². The number of nitrogens with zero attached hydrogens (tertiary/aromatic N) is 1. The summed E-state index contributed by atoms with van der Waals surface area (Å²) in [5.74, 6) is 0.910. The van der Waals surface area contributed by atoms with E-state index < -0.39 is 5.91 Å². The summed E-state index contributed by atoms with van der Waals surface area (Å²) in [4.78, 5) is 12.9. The van der Waals surface area contributed by atoms with Gasteiger partial charge < -0.3 is 14.8 Å². The van der Waals surface area contributed by atoms with Crippen LogP contribution in [0.2, 0.25) is 0 Å². The largest absolute Gasteiger partial charge is 0.497 e. The highest BCUT2D eigenvalue weighted by Crippen LogP contribution is 2.26. The second-order valence-electron chi connectivity index (χ2n) is 8.26. The second-order valence-corrected chi connectivity index (χ2v) is 9.11. The average Bonchev–Trinajstić information content (AvgIpc) is 2.93. The molecular weight excluding hydrogens is 528 g/mol. The summed E-state index contributed by atoms with van der Waals surface area (Å²) in [6.45, 7) is 0.456. The van der Waals surface area contributed by atoms with Gasteiger partial charge in [0.05, 0.1) is 7.11 Å². The molecule has 0 saturated carbocycles. The molecule has 0 unspecified atom stereocenters. The van der Waals surface area contributed by atoms with Crippen LogP contribution in [0.15, 0.2) is 107 Å². The Balaban J connectivity index is 1.48. The van der Waals surface area contributed by atoms with Crippen LogP contribution in [0, 0.1) is 11.3 Å². The van der Waals surface area contributed by atoms with E-state index in [4.69, 9.17) is 9.47 Å². The lowest BCUT2D eigenvalue weighted by Gasteiger charge is -2.11. The van der Waals surface area contributed by atoms with Gasteiger partial charge in [-0.25, -0.2) is 0 Å². The lowest BCUT2D eigenvalue weighted by atomic mass is 9.97. The molecule has 1 amide bonds. The molecule has 0 spiro atoms. The summed E-state index contributed by atoms with van der Waals surface area (Å²) < 4.78 is 12.2. The van der Waals surface area contributed by atoms with Gasteiger partial charge in [0.25, 0.3) is 5.91 Å². The number of nitrogens with one attached hydrogen (secondary N) is 1. The fraction of sp³-hybridized carbons (Fsp3) is 0.0968. The first-order chi connectivity index (χ1) is 18.1. The Morgan fingerprint density at radius 2 is 1.62 bits per heavy atom. The molecule has 0 radical (unpaired) electrons. The SMILES string of the molecule is COc1ccc(/C=C(\C#N)C(=O)Nc2ccc(OCc3ccccc3)cc2)c(Cc2ccccc2Br)c1. The molecule has 4 aromatic rings. The van der Waals surface area contributed by atoms with Gasteiger partial charge in [-0.3, -0.25) is 4.79 Å². The van der Waals surface area contributed by atoms with E-state index in [1.165, 1.54) is 0 Å². The Morgan fingerprint density at radius 3 is 2.32 bits per heavy atom. The Morgan fingerprint density at radius 1 is 0.919 bits per heavy atom. The number of anilines is 1. The summed E-state index contributed by atoms with van der Waals surface area (Å²) in [5, 5.41) is 12.5. The predicted molar refractivity (Wildman–Crippen MR) is 149 cm³/mol. The third-order valence-electron chi connectivity index (χ3n) is 5.71. The minimum atomic E-state index is -0.483. The van der Waals surface area contributed by atoms with Crippen molar-refractivity contribution in [2.75, 3.05) is 12.4 Å². The van der Waals surface area contributed by atoms with Crippen LogP contribution in [0.4, 0.5) is 5.69 Å². The quantitative estimate of drug-likeness (QED) is 0.176. The van der Waals surface area contributed by atoms with Crippen molar-refractivity contribution in [3.8, 4) is 17.6 Å². The van der Waals surface area contributed by atoms with Crippen molar-refractivity contribution < 1.29 is 14.3 Å². The van der Waals surface area contributed by atoms with Gasteiger partial charge in [-0.15, -0.1) is 0 Å². The third-order valence-corrected chi connectivity index (χ3v) is 6.49. The summed E-state index contributed by atoms with van der Waals surface area (Å²) in [6.07, 6.45) is 2.22. The monoisotopic (exact) mass is 552 g/mol. The van der Waals surface area contributed by atoms with Crippen molar-refractivity contribution in [2.24, 2.45) is 0 Å². The number of carbonyl (C=O) groups excluding carboxylic acids is 1. The molecule has 184 valence electrons. The summed E-state index contributed by atoms with van der Waals surface area (Å²) in [7, 11) is 1.61. The standard InChI is InChI=1S/C31H25BrN2O3/c1-36-29-14-11-23(25(19-29)18-24-9-5-6-10-30(24)32)17-26(20-33)31(35)34-27-12-15-28(16-13-27)37-21-22-7-3-2-4-8-22/h2-17,19H,18,21H2,1H3,(H,34,35)/b26-17+. The summed E-state index contributed by atoms with van der Waals surface area (Å²) in [6, 6.07) is 32.5. The number of hydrogen-bond acceptors (Lipinski definition) is 4. The van der Waals surface area contributed by atoms with E-state index >= 15 is 0 Å². The first-order valence-corrected chi connectivity index (χ1v) is 12.5. The number of ether oxygens (including phenoxy) is 2. The van der Waals surface area contributed by atoms with E-state index in [2.05, 4.69) is 21.2 Å². The highest BCUT2D eigenvalue weighted by atomic mass is 79.9. The zero-order valence-corrected chi connectivity index (χ0v) is 21.9. The number of carbonyl (C=O) groups is 1. The molecule has 37 heavy (non-hydrogen) atoms. The number of hydrogen-bond donors (Lipinski definition) is 1. The van der Waals surface area contributed by atoms with Gasteiger partial charge in [-0.05, 0) is 77.2 Å². The van der Waals surface area contributed by atoms with Crippen molar-refractivity contribution in [3.63, 3.8) is 0 Å². The fourth-order valence-corrected chi connectivity index (χ4v) is 4.15. The van der Waals surface area contributed by atoms with Gasteiger partial charge in [0, 0.05) is 10.2 Å². The number of methoxy groups -OCH3 is 1. The summed E-state index contributed by atoms with van der Waals surface area (Å²) >= 11 is 3.59. The minimum Gasteiger partial charge on any atom is -0.497 e. The molecular formula is C31H25BrN2O3. The number of halogens is 1. The van der Waals surface area contributed by atoms with Crippen molar-refractivity contribution >= 4 is 33.6 Å². The Labute approximate surface area is 225 Å². The minimum absolute atomic E-state index is 0.00273. The first-order valence-electron chi connectivity index (χ1n) is 11.7. The molecule has 1 N–H and O–H groups in total. The molecule has 0 aliphatic carbocycles. The summed E-state index contributed by atoms with van der Waals surface area (Å²) in [5.41, 5.74) is 4.44. The number of rotatable bonds is 9. The Kier molecular flexibility index (Phi) is 8.75.